The van der Waals surface area contributed by atoms with Gasteiger partial charge in [-0.3, -0.25) is 9.59 Å². The second-order valence-corrected chi connectivity index (χ2v) is 9.94. The van der Waals surface area contributed by atoms with Crippen LogP contribution in [0.3, 0.4) is 0 Å². The van der Waals surface area contributed by atoms with Crippen LogP contribution in [-0.2, 0) is 16.1 Å². The van der Waals surface area contributed by atoms with E-state index in [0.717, 1.165) is 37.0 Å². The van der Waals surface area contributed by atoms with Crippen LogP contribution in [0.2, 0.25) is 0 Å². The topological polar surface area (TPSA) is 85.4 Å². The van der Waals surface area contributed by atoms with E-state index in [0.29, 0.717) is 26.1 Å². The summed E-state index contributed by atoms with van der Waals surface area (Å²) >= 11 is 0. The van der Waals surface area contributed by atoms with Gasteiger partial charge in [-0.2, -0.15) is 0 Å². The number of piperazine rings is 1. The first kappa shape index (κ1) is 26.8. The first-order valence-electron chi connectivity index (χ1n) is 12.8. The van der Waals surface area contributed by atoms with Crippen molar-refractivity contribution in [1.82, 2.24) is 25.1 Å². The van der Waals surface area contributed by atoms with Crippen molar-refractivity contribution in [2.45, 2.75) is 71.6 Å². The lowest BCUT2D eigenvalue weighted by molar-refractivity contribution is -0.188. The smallest absolute Gasteiger partial charge is 0.334 e. The Labute approximate surface area is 209 Å². The highest BCUT2D eigenvalue weighted by molar-refractivity contribution is 5.91. The van der Waals surface area contributed by atoms with E-state index < -0.39 is 12.2 Å². The monoisotopic (exact) mass is 487 g/mol. The number of nitrogens with zero attached hydrogens (tertiary/aromatic N) is 4. The number of ether oxygens (including phenoxy) is 1. The van der Waals surface area contributed by atoms with E-state index in [4.69, 9.17) is 4.74 Å². The fourth-order valence-electron chi connectivity index (χ4n) is 4.91. The molecule has 2 saturated heterocycles. The molecule has 1 N–H and O–H groups in total. The summed E-state index contributed by atoms with van der Waals surface area (Å²) in [6.07, 6.45) is 4.31. The van der Waals surface area contributed by atoms with Gasteiger partial charge in [0, 0.05) is 20.1 Å². The number of urea groups is 1. The molecule has 2 aliphatic rings. The van der Waals surface area contributed by atoms with Crippen molar-refractivity contribution in [1.29, 1.82) is 0 Å². The Morgan fingerprint density at radius 3 is 2.49 bits per heavy atom. The van der Waals surface area contributed by atoms with Crippen molar-refractivity contribution in [3.05, 3.63) is 29.8 Å². The van der Waals surface area contributed by atoms with Crippen LogP contribution in [0.1, 0.15) is 58.4 Å². The van der Waals surface area contributed by atoms with E-state index in [-0.39, 0.29) is 30.3 Å². The van der Waals surface area contributed by atoms with Gasteiger partial charge in [-0.1, -0.05) is 52.2 Å². The van der Waals surface area contributed by atoms with E-state index in [1.807, 2.05) is 29.2 Å². The lowest BCUT2D eigenvalue weighted by Crippen LogP contribution is -2.76. The summed E-state index contributed by atoms with van der Waals surface area (Å²) in [5.41, 5.74) is 0.945. The maximum Gasteiger partial charge on any atom is 0.334 e. The number of hydrazine groups is 1. The molecule has 1 aromatic rings. The molecule has 0 radical (unpaired) electrons. The number of likely N-dealkylation sites (N-methyl/N-ethyl adjacent to an activating group) is 1. The predicted molar refractivity (Wildman–Crippen MR) is 134 cm³/mol. The van der Waals surface area contributed by atoms with Crippen LogP contribution in [0, 0.1) is 5.92 Å². The maximum atomic E-state index is 13.4. The molecule has 9 nitrogen and oxygen atoms in total. The number of unbranched alkanes of at least 4 members (excludes halogenated alkanes) is 3. The molecular weight excluding hydrogens is 446 g/mol. The zero-order valence-electron chi connectivity index (χ0n) is 21.8. The van der Waals surface area contributed by atoms with Gasteiger partial charge in [0.25, 0.3) is 0 Å². The molecule has 0 aromatic heterocycles. The molecule has 3 rings (SSSR count). The number of hydrogen-bond donors (Lipinski definition) is 1. The minimum atomic E-state index is -0.544. The zero-order valence-corrected chi connectivity index (χ0v) is 21.8. The van der Waals surface area contributed by atoms with Crippen molar-refractivity contribution in [3.63, 3.8) is 0 Å². The second kappa shape index (κ2) is 12.2. The van der Waals surface area contributed by atoms with Crippen molar-refractivity contribution in [2.75, 3.05) is 33.8 Å². The first-order chi connectivity index (χ1) is 16.8. The molecule has 0 saturated carbocycles. The molecule has 4 amide bonds. The largest absolute Gasteiger partial charge is 0.497 e. The Kier molecular flexibility index (Phi) is 9.37. The minimum absolute atomic E-state index is 0.00272. The van der Waals surface area contributed by atoms with Crippen LogP contribution in [0.15, 0.2) is 24.3 Å². The van der Waals surface area contributed by atoms with Gasteiger partial charge in [-0.05, 0) is 36.5 Å². The molecule has 0 aliphatic carbocycles. The molecular formula is C26H41N5O4. The number of benzene rings is 1. The summed E-state index contributed by atoms with van der Waals surface area (Å²) in [7, 11) is 3.37. The maximum absolute atomic E-state index is 13.4. The quantitative estimate of drug-likeness (QED) is 0.513. The van der Waals surface area contributed by atoms with Gasteiger partial charge in [0.2, 0.25) is 11.8 Å². The summed E-state index contributed by atoms with van der Waals surface area (Å²) in [5, 5.41) is 6.27. The molecule has 2 heterocycles. The van der Waals surface area contributed by atoms with Gasteiger partial charge < -0.3 is 19.9 Å². The zero-order chi connectivity index (χ0) is 25.5. The molecule has 1 aromatic carbocycles. The Morgan fingerprint density at radius 1 is 1.14 bits per heavy atom. The average molecular weight is 488 g/mol. The molecule has 0 unspecified atom stereocenters. The number of carbonyl (C=O) groups excluding carboxylic acids is 3. The number of methoxy groups -OCH3 is 1. The van der Waals surface area contributed by atoms with Crippen molar-refractivity contribution in [2.24, 2.45) is 5.92 Å². The second-order valence-electron chi connectivity index (χ2n) is 9.94. The SMILES string of the molecule is CCCCCCN1C[C@H]2N(C(=O)CN(C)N2C(=O)NCc2ccc(OC)cc2)[C@@H](CC(C)C)C1=O. The van der Waals surface area contributed by atoms with Crippen LogP contribution in [-0.4, -0.2) is 83.7 Å². The first-order valence-corrected chi connectivity index (χ1v) is 12.8. The fraction of sp³-hybridized carbons (Fsp3) is 0.654. The van der Waals surface area contributed by atoms with Crippen molar-refractivity contribution >= 4 is 17.8 Å². The Morgan fingerprint density at radius 2 is 1.86 bits per heavy atom. The molecule has 2 aliphatic heterocycles. The van der Waals surface area contributed by atoms with Gasteiger partial charge in [0.1, 0.15) is 18.0 Å². The Hall–Kier alpha value is -2.81. The third-order valence-electron chi connectivity index (χ3n) is 6.73. The number of amides is 4. The van der Waals surface area contributed by atoms with Crippen molar-refractivity contribution < 1.29 is 19.1 Å². The third kappa shape index (κ3) is 6.45. The average Bonchev–Trinajstić information content (AvgIpc) is 2.82. The number of carbonyl (C=O) groups is 3. The van der Waals surface area contributed by atoms with Crippen LogP contribution in [0.4, 0.5) is 4.79 Å². The molecule has 0 bridgehead atoms. The summed E-state index contributed by atoms with van der Waals surface area (Å²) in [6.45, 7) is 7.66. The number of hydrogen-bond acceptors (Lipinski definition) is 5. The Balaban J connectivity index is 1.79. The van der Waals surface area contributed by atoms with Gasteiger partial charge >= 0.3 is 6.03 Å². The van der Waals surface area contributed by atoms with Gasteiger partial charge in [-0.25, -0.2) is 14.8 Å². The molecule has 2 fully saturated rings. The van der Waals surface area contributed by atoms with Crippen LogP contribution >= 0.6 is 0 Å². The minimum Gasteiger partial charge on any atom is -0.497 e. The molecule has 194 valence electrons. The van der Waals surface area contributed by atoms with E-state index >= 15 is 0 Å². The fourth-order valence-corrected chi connectivity index (χ4v) is 4.91. The van der Waals surface area contributed by atoms with Crippen LogP contribution in [0.25, 0.3) is 0 Å². The summed E-state index contributed by atoms with van der Waals surface area (Å²) in [4.78, 5) is 43.5. The molecule has 9 heteroatoms. The molecule has 35 heavy (non-hydrogen) atoms. The van der Waals surface area contributed by atoms with Gasteiger partial charge in [0.15, 0.2) is 0 Å². The number of rotatable bonds is 10. The van der Waals surface area contributed by atoms with E-state index in [9.17, 15) is 14.4 Å². The highest BCUT2D eigenvalue weighted by atomic mass is 16.5. The number of fused-ring (bicyclic) bond motifs is 1. The lowest BCUT2D eigenvalue weighted by atomic mass is 9.97. The third-order valence-corrected chi connectivity index (χ3v) is 6.73. The van der Waals surface area contributed by atoms with Gasteiger partial charge in [0.05, 0.1) is 20.2 Å². The van der Waals surface area contributed by atoms with E-state index in [1.165, 1.54) is 0 Å². The molecule has 0 spiro atoms. The predicted octanol–water partition coefficient (Wildman–Crippen LogP) is 3.06. The summed E-state index contributed by atoms with van der Waals surface area (Å²) < 4.78 is 5.20. The van der Waals surface area contributed by atoms with Gasteiger partial charge in [-0.15, -0.1) is 0 Å². The number of nitrogens with one attached hydrogen (secondary N) is 1. The summed E-state index contributed by atoms with van der Waals surface area (Å²) in [5.74, 6) is 0.894. The highest BCUT2D eigenvalue weighted by Crippen LogP contribution is 2.29. The normalized spacial score (nSPS) is 20.9. The highest BCUT2D eigenvalue weighted by Gasteiger charge is 2.50. The van der Waals surface area contributed by atoms with Crippen molar-refractivity contribution in [3.8, 4) is 5.75 Å². The van der Waals surface area contributed by atoms with Crippen LogP contribution < -0.4 is 10.1 Å². The Bertz CT molecular complexity index is 875. The summed E-state index contributed by atoms with van der Waals surface area (Å²) in [6, 6.07) is 6.70. The van der Waals surface area contributed by atoms with E-state index in [1.54, 1.807) is 29.1 Å². The molecule has 2 atom stereocenters. The van der Waals surface area contributed by atoms with Crippen LogP contribution in [0.5, 0.6) is 5.75 Å². The lowest BCUT2D eigenvalue weighted by Gasteiger charge is -2.54. The standard InChI is InChI=1S/C26H41N5O4/c1-6-7-8-9-14-29-17-23-30(22(25(29)33)15-19(2)3)24(32)18-28(4)31(23)26(34)27-16-20-10-12-21(35-5)13-11-20/h10-13,19,22-23H,6-9,14-18H2,1-5H3,(H,27,34)/t22-,23-/m0/s1. The van der Waals surface area contributed by atoms with E-state index in [2.05, 4.69) is 26.1 Å².